The Morgan fingerprint density at radius 3 is 2.68 bits per heavy atom. The average Bonchev–Trinajstić information content (AvgIpc) is 2.89. The lowest BCUT2D eigenvalue weighted by atomic mass is 9.70. The van der Waals surface area contributed by atoms with Crippen LogP contribution in [0.25, 0.3) is 0 Å². The molecule has 3 heteroatoms. The summed E-state index contributed by atoms with van der Waals surface area (Å²) in [6, 6.07) is 11.6. The standard InChI is InChI=1S/C19H27NO2/c1-18(15-5-3-2-4-6-15)9-7-16-13-19(10-8-17(21)22-19)11-12-20(16)14-18/h2-6,16-17,21H,7-14H2,1H3. The Bertz CT molecular complexity index is 533. The minimum Gasteiger partial charge on any atom is -0.368 e. The molecule has 4 rings (SSSR count). The van der Waals surface area contributed by atoms with Gasteiger partial charge in [0, 0.05) is 31.0 Å². The van der Waals surface area contributed by atoms with Gasteiger partial charge in [0.05, 0.1) is 5.60 Å². The Hall–Kier alpha value is -0.900. The van der Waals surface area contributed by atoms with Crippen LogP contribution in [0.4, 0.5) is 0 Å². The molecule has 120 valence electrons. The van der Waals surface area contributed by atoms with Gasteiger partial charge in [0.1, 0.15) is 0 Å². The third-order valence-electron chi connectivity index (χ3n) is 6.26. The third-order valence-corrected chi connectivity index (χ3v) is 6.26. The average molecular weight is 301 g/mol. The van der Waals surface area contributed by atoms with E-state index in [0.29, 0.717) is 6.04 Å². The second-order valence-electron chi connectivity index (χ2n) is 7.84. The number of hydrogen-bond donors (Lipinski definition) is 1. The molecule has 1 aromatic rings. The van der Waals surface area contributed by atoms with Gasteiger partial charge in [-0.3, -0.25) is 4.90 Å². The van der Waals surface area contributed by atoms with Crippen molar-refractivity contribution >= 4 is 0 Å². The number of fused-ring (bicyclic) bond motifs is 1. The fourth-order valence-electron chi connectivity index (χ4n) is 4.90. The van der Waals surface area contributed by atoms with E-state index in [0.717, 1.165) is 38.8 Å². The van der Waals surface area contributed by atoms with Gasteiger partial charge in [-0.2, -0.15) is 0 Å². The van der Waals surface area contributed by atoms with Crippen molar-refractivity contribution < 1.29 is 9.84 Å². The topological polar surface area (TPSA) is 32.7 Å². The van der Waals surface area contributed by atoms with Crippen LogP contribution in [-0.4, -0.2) is 41.0 Å². The van der Waals surface area contributed by atoms with Gasteiger partial charge >= 0.3 is 0 Å². The number of ether oxygens (including phenoxy) is 1. The molecule has 0 bridgehead atoms. The molecule has 1 aromatic carbocycles. The van der Waals surface area contributed by atoms with Gasteiger partial charge in [0.25, 0.3) is 0 Å². The Balaban J connectivity index is 1.48. The molecule has 4 unspecified atom stereocenters. The molecule has 0 saturated carbocycles. The molecular formula is C19H27NO2. The van der Waals surface area contributed by atoms with Crippen molar-refractivity contribution in [1.82, 2.24) is 4.90 Å². The van der Waals surface area contributed by atoms with Crippen LogP contribution in [0.15, 0.2) is 30.3 Å². The quantitative estimate of drug-likeness (QED) is 0.865. The molecule has 22 heavy (non-hydrogen) atoms. The smallest absolute Gasteiger partial charge is 0.155 e. The van der Waals surface area contributed by atoms with Crippen molar-refractivity contribution in [1.29, 1.82) is 0 Å². The van der Waals surface area contributed by atoms with Crippen LogP contribution in [0.1, 0.15) is 51.0 Å². The summed E-state index contributed by atoms with van der Waals surface area (Å²) >= 11 is 0. The van der Waals surface area contributed by atoms with E-state index in [1.165, 1.54) is 18.4 Å². The van der Waals surface area contributed by atoms with Gasteiger partial charge in [-0.05, 0) is 37.7 Å². The molecule has 3 nitrogen and oxygen atoms in total. The zero-order valence-corrected chi connectivity index (χ0v) is 13.5. The van der Waals surface area contributed by atoms with Crippen LogP contribution in [0.3, 0.4) is 0 Å². The molecule has 1 spiro atoms. The van der Waals surface area contributed by atoms with E-state index in [1.54, 1.807) is 0 Å². The van der Waals surface area contributed by atoms with Crippen molar-refractivity contribution in [2.75, 3.05) is 13.1 Å². The molecule has 4 atom stereocenters. The Labute approximate surface area is 133 Å². The normalized spacial score (nSPS) is 42.5. The fraction of sp³-hybridized carbons (Fsp3) is 0.684. The first kappa shape index (κ1) is 14.7. The number of aliphatic hydroxyl groups is 1. The molecule has 3 aliphatic rings. The number of benzene rings is 1. The molecule has 1 N–H and O–H groups in total. The van der Waals surface area contributed by atoms with Gasteiger partial charge in [-0.1, -0.05) is 37.3 Å². The lowest BCUT2D eigenvalue weighted by Gasteiger charge is -2.52. The second kappa shape index (κ2) is 5.33. The van der Waals surface area contributed by atoms with Crippen molar-refractivity contribution in [3.05, 3.63) is 35.9 Å². The first-order valence-electron chi connectivity index (χ1n) is 8.74. The monoisotopic (exact) mass is 301 g/mol. The van der Waals surface area contributed by atoms with Crippen LogP contribution in [0, 0.1) is 0 Å². The van der Waals surface area contributed by atoms with Gasteiger partial charge < -0.3 is 9.84 Å². The third kappa shape index (κ3) is 2.49. The summed E-state index contributed by atoms with van der Waals surface area (Å²) in [7, 11) is 0. The maximum atomic E-state index is 9.74. The highest BCUT2D eigenvalue weighted by atomic mass is 16.6. The lowest BCUT2D eigenvalue weighted by Crippen LogP contribution is -2.57. The number of piperidine rings is 2. The van der Waals surface area contributed by atoms with Crippen LogP contribution in [-0.2, 0) is 10.2 Å². The molecule has 3 fully saturated rings. The molecule has 0 aromatic heterocycles. The first-order valence-corrected chi connectivity index (χ1v) is 8.74. The predicted molar refractivity (Wildman–Crippen MR) is 86.7 cm³/mol. The summed E-state index contributed by atoms with van der Waals surface area (Å²) in [4.78, 5) is 2.68. The molecule has 0 aliphatic carbocycles. The van der Waals surface area contributed by atoms with Crippen molar-refractivity contribution in [2.24, 2.45) is 0 Å². The Kier molecular flexibility index (Phi) is 3.55. The van der Waals surface area contributed by atoms with E-state index in [-0.39, 0.29) is 11.0 Å². The van der Waals surface area contributed by atoms with Gasteiger partial charge in [-0.15, -0.1) is 0 Å². The van der Waals surface area contributed by atoms with Gasteiger partial charge in [0.15, 0.2) is 6.29 Å². The van der Waals surface area contributed by atoms with Gasteiger partial charge in [-0.25, -0.2) is 0 Å². The van der Waals surface area contributed by atoms with E-state index in [4.69, 9.17) is 4.74 Å². The largest absolute Gasteiger partial charge is 0.368 e. The van der Waals surface area contributed by atoms with Gasteiger partial charge in [0.2, 0.25) is 0 Å². The van der Waals surface area contributed by atoms with Crippen molar-refractivity contribution in [3.63, 3.8) is 0 Å². The first-order chi connectivity index (χ1) is 10.6. The van der Waals surface area contributed by atoms with E-state index < -0.39 is 6.29 Å². The van der Waals surface area contributed by atoms with E-state index in [2.05, 4.69) is 42.2 Å². The zero-order chi connectivity index (χ0) is 15.2. The van der Waals surface area contributed by atoms with Crippen LogP contribution < -0.4 is 0 Å². The summed E-state index contributed by atoms with van der Waals surface area (Å²) in [6.45, 7) is 4.68. The second-order valence-corrected chi connectivity index (χ2v) is 7.84. The maximum Gasteiger partial charge on any atom is 0.155 e. The lowest BCUT2D eigenvalue weighted by molar-refractivity contribution is -0.165. The van der Waals surface area contributed by atoms with Crippen LogP contribution >= 0.6 is 0 Å². The highest BCUT2D eigenvalue weighted by Gasteiger charge is 2.48. The van der Waals surface area contributed by atoms with E-state index >= 15 is 0 Å². The number of hydrogen-bond acceptors (Lipinski definition) is 3. The van der Waals surface area contributed by atoms with Crippen LogP contribution in [0.5, 0.6) is 0 Å². The molecular weight excluding hydrogens is 274 g/mol. The van der Waals surface area contributed by atoms with Crippen LogP contribution in [0.2, 0.25) is 0 Å². The highest BCUT2D eigenvalue weighted by molar-refractivity contribution is 5.26. The fourth-order valence-corrected chi connectivity index (χ4v) is 4.90. The van der Waals surface area contributed by atoms with E-state index in [9.17, 15) is 5.11 Å². The highest BCUT2D eigenvalue weighted by Crippen LogP contribution is 2.45. The molecule has 3 saturated heterocycles. The maximum absolute atomic E-state index is 9.74. The van der Waals surface area contributed by atoms with Crippen molar-refractivity contribution in [2.45, 2.75) is 68.8 Å². The summed E-state index contributed by atoms with van der Waals surface area (Å²) in [6.07, 6.45) is 6.00. The minimum absolute atomic E-state index is 0.0267. The Morgan fingerprint density at radius 2 is 1.95 bits per heavy atom. The molecule has 0 amide bonds. The minimum atomic E-state index is -0.523. The summed E-state index contributed by atoms with van der Waals surface area (Å²) < 4.78 is 5.90. The molecule has 3 heterocycles. The summed E-state index contributed by atoms with van der Waals surface area (Å²) in [5, 5.41) is 9.74. The summed E-state index contributed by atoms with van der Waals surface area (Å²) in [5.74, 6) is 0. The number of nitrogens with zero attached hydrogens (tertiary/aromatic N) is 1. The van der Waals surface area contributed by atoms with Crippen molar-refractivity contribution in [3.8, 4) is 0 Å². The number of rotatable bonds is 1. The Morgan fingerprint density at radius 1 is 1.14 bits per heavy atom. The molecule has 0 radical (unpaired) electrons. The SMILES string of the molecule is CC1(c2ccccc2)CCC2CC3(CCC(O)O3)CCN2C1. The van der Waals surface area contributed by atoms with E-state index in [1.807, 2.05) is 0 Å². The number of aliphatic hydroxyl groups excluding tert-OH is 1. The predicted octanol–water partition coefficient (Wildman–Crippen LogP) is 3.07. The summed E-state index contributed by atoms with van der Waals surface area (Å²) in [5.41, 5.74) is 1.72. The molecule has 3 aliphatic heterocycles. The zero-order valence-electron chi connectivity index (χ0n) is 13.5.